The van der Waals surface area contributed by atoms with E-state index in [-0.39, 0.29) is 18.6 Å². The maximum atomic E-state index is 12.7. The fourth-order valence-corrected chi connectivity index (χ4v) is 2.47. The average molecular weight is 314 g/mol. The van der Waals surface area contributed by atoms with Crippen LogP contribution in [0.25, 0.3) is 0 Å². The van der Waals surface area contributed by atoms with Crippen LogP contribution in [0.1, 0.15) is 35.3 Å². The van der Waals surface area contributed by atoms with Gasteiger partial charge in [-0.25, -0.2) is 4.98 Å². The molecule has 0 aliphatic heterocycles. The summed E-state index contributed by atoms with van der Waals surface area (Å²) in [7, 11) is 1.74. The van der Waals surface area contributed by atoms with E-state index in [0.29, 0.717) is 24.5 Å². The van der Waals surface area contributed by atoms with Crippen molar-refractivity contribution in [3.63, 3.8) is 0 Å². The van der Waals surface area contributed by atoms with Gasteiger partial charge in [0.25, 0.3) is 5.91 Å². The number of ether oxygens (including phenoxy) is 1. The summed E-state index contributed by atoms with van der Waals surface area (Å²) >= 11 is 0. The van der Waals surface area contributed by atoms with Crippen molar-refractivity contribution in [2.75, 3.05) is 20.3 Å². The summed E-state index contributed by atoms with van der Waals surface area (Å²) in [6.45, 7) is 2.43. The van der Waals surface area contributed by atoms with Crippen molar-refractivity contribution >= 4 is 5.91 Å². The smallest absolute Gasteiger partial charge is 0.255 e. The molecule has 0 aliphatic carbocycles. The van der Waals surface area contributed by atoms with Gasteiger partial charge < -0.3 is 14.7 Å². The van der Waals surface area contributed by atoms with Crippen LogP contribution in [-0.4, -0.2) is 41.2 Å². The Morgan fingerprint density at radius 3 is 2.57 bits per heavy atom. The predicted octanol–water partition coefficient (Wildman–Crippen LogP) is 2.68. The minimum atomic E-state index is -0.180. The van der Waals surface area contributed by atoms with E-state index in [1.807, 2.05) is 37.3 Å². The molecule has 122 valence electrons. The molecule has 1 unspecified atom stereocenters. The second-order valence-electron chi connectivity index (χ2n) is 5.17. The third-order valence-electron chi connectivity index (χ3n) is 3.65. The Morgan fingerprint density at radius 2 is 2.00 bits per heavy atom. The molecule has 0 fully saturated rings. The molecule has 5 heteroatoms. The van der Waals surface area contributed by atoms with Crippen LogP contribution >= 0.6 is 0 Å². The van der Waals surface area contributed by atoms with E-state index in [1.165, 1.54) is 6.20 Å². The number of benzene rings is 1. The Hall–Kier alpha value is -2.40. The minimum Gasteiger partial charge on any atom is -0.478 e. The van der Waals surface area contributed by atoms with Crippen molar-refractivity contribution < 1.29 is 14.6 Å². The van der Waals surface area contributed by atoms with Crippen LogP contribution in [0, 0.1) is 0 Å². The van der Waals surface area contributed by atoms with Gasteiger partial charge in [-0.2, -0.15) is 0 Å². The number of pyridine rings is 1. The zero-order valence-electron chi connectivity index (χ0n) is 13.5. The summed E-state index contributed by atoms with van der Waals surface area (Å²) in [4.78, 5) is 18.4. The number of nitrogens with zero attached hydrogens (tertiary/aromatic N) is 2. The predicted molar refractivity (Wildman–Crippen MR) is 88.4 cm³/mol. The highest BCUT2D eigenvalue weighted by atomic mass is 16.5. The first kappa shape index (κ1) is 17.0. The van der Waals surface area contributed by atoms with Crippen molar-refractivity contribution in [3.8, 4) is 5.88 Å². The van der Waals surface area contributed by atoms with Crippen molar-refractivity contribution in [3.05, 3.63) is 59.8 Å². The van der Waals surface area contributed by atoms with Crippen LogP contribution in [0.3, 0.4) is 0 Å². The molecule has 1 aromatic heterocycles. The third-order valence-corrected chi connectivity index (χ3v) is 3.65. The van der Waals surface area contributed by atoms with Crippen LogP contribution in [-0.2, 0) is 0 Å². The van der Waals surface area contributed by atoms with Gasteiger partial charge in [0.1, 0.15) is 0 Å². The third kappa shape index (κ3) is 4.29. The van der Waals surface area contributed by atoms with Crippen molar-refractivity contribution in [1.29, 1.82) is 0 Å². The van der Waals surface area contributed by atoms with E-state index < -0.39 is 0 Å². The maximum absolute atomic E-state index is 12.7. The SMILES string of the molecule is CCOc1ccc(C(=O)N(C)C(CCO)c2ccccc2)cn1. The van der Waals surface area contributed by atoms with E-state index in [2.05, 4.69) is 4.98 Å². The molecule has 0 saturated carbocycles. The number of carbonyl (C=O) groups excluding carboxylic acids is 1. The molecule has 5 nitrogen and oxygen atoms in total. The number of aliphatic hydroxyl groups is 1. The summed E-state index contributed by atoms with van der Waals surface area (Å²) in [5.41, 5.74) is 1.49. The van der Waals surface area contributed by atoms with Crippen molar-refractivity contribution in [1.82, 2.24) is 9.88 Å². The second-order valence-corrected chi connectivity index (χ2v) is 5.17. The highest BCUT2D eigenvalue weighted by Gasteiger charge is 2.22. The van der Waals surface area contributed by atoms with Gasteiger partial charge in [-0.1, -0.05) is 30.3 Å². The normalized spacial score (nSPS) is 11.8. The molecule has 1 amide bonds. The average Bonchev–Trinajstić information content (AvgIpc) is 2.60. The summed E-state index contributed by atoms with van der Waals surface area (Å²) in [6, 6.07) is 12.9. The molecule has 2 rings (SSSR count). The van der Waals surface area contributed by atoms with Crippen LogP contribution in [0.4, 0.5) is 0 Å². The van der Waals surface area contributed by atoms with E-state index in [4.69, 9.17) is 4.74 Å². The van der Waals surface area contributed by atoms with Crippen LogP contribution in [0.5, 0.6) is 5.88 Å². The first-order valence-electron chi connectivity index (χ1n) is 7.69. The van der Waals surface area contributed by atoms with Gasteiger partial charge in [-0.3, -0.25) is 4.79 Å². The molecule has 0 saturated heterocycles. The lowest BCUT2D eigenvalue weighted by atomic mass is 10.0. The summed E-state index contributed by atoms with van der Waals surface area (Å²) in [6.07, 6.45) is 2.00. The topological polar surface area (TPSA) is 62.7 Å². The van der Waals surface area contributed by atoms with Crippen LogP contribution in [0.15, 0.2) is 48.7 Å². The lowest BCUT2D eigenvalue weighted by Crippen LogP contribution is -2.32. The number of hydrogen-bond donors (Lipinski definition) is 1. The fourth-order valence-electron chi connectivity index (χ4n) is 2.47. The number of carbonyl (C=O) groups is 1. The molecule has 0 radical (unpaired) electrons. The Kier molecular flexibility index (Phi) is 6.11. The molecule has 0 aliphatic rings. The Morgan fingerprint density at radius 1 is 1.26 bits per heavy atom. The molecular weight excluding hydrogens is 292 g/mol. The zero-order valence-corrected chi connectivity index (χ0v) is 13.5. The lowest BCUT2D eigenvalue weighted by Gasteiger charge is -2.28. The quantitative estimate of drug-likeness (QED) is 0.853. The number of rotatable bonds is 7. The lowest BCUT2D eigenvalue weighted by molar-refractivity contribution is 0.0704. The van der Waals surface area contributed by atoms with Gasteiger partial charge in [0.15, 0.2) is 0 Å². The van der Waals surface area contributed by atoms with Crippen LogP contribution in [0.2, 0.25) is 0 Å². The standard InChI is InChI=1S/C18H22N2O3/c1-3-23-17-10-9-15(13-19-17)18(22)20(2)16(11-12-21)14-7-5-4-6-8-14/h4-10,13,16,21H,3,11-12H2,1-2H3. The maximum Gasteiger partial charge on any atom is 0.255 e. The van der Waals surface area contributed by atoms with E-state index in [0.717, 1.165) is 5.56 Å². The Balaban J connectivity index is 2.18. The van der Waals surface area contributed by atoms with Gasteiger partial charge in [0.05, 0.1) is 18.2 Å². The van der Waals surface area contributed by atoms with E-state index in [1.54, 1.807) is 24.1 Å². The Labute approximate surface area is 136 Å². The first-order valence-corrected chi connectivity index (χ1v) is 7.69. The Bertz CT molecular complexity index is 614. The molecule has 0 spiro atoms. The highest BCUT2D eigenvalue weighted by molar-refractivity contribution is 5.94. The van der Waals surface area contributed by atoms with Crippen molar-refractivity contribution in [2.24, 2.45) is 0 Å². The summed E-state index contributed by atoms with van der Waals surface area (Å²) in [5, 5.41) is 9.33. The molecule has 1 atom stereocenters. The number of hydrogen-bond acceptors (Lipinski definition) is 4. The minimum absolute atomic E-state index is 0.0126. The summed E-state index contributed by atoms with van der Waals surface area (Å²) in [5.74, 6) is 0.365. The summed E-state index contributed by atoms with van der Waals surface area (Å²) < 4.78 is 5.29. The fraction of sp³-hybridized carbons (Fsp3) is 0.333. The van der Waals surface area contributed by atoms with Gasteiger partial charge in [0.2, 0.25) is 5.88 Å². The van der Waals surface area contributed by atoms with Gasteiger partial charge in [-0.05, 0) is 25.0 Å². The molecule has 1 heterocycles. The first-order chi connectivity index (χ1) is 11.2. The number of aromatic nitrogens is 1. The molecule has 0 bridgehead atoms. The molecule has 2 aromatic rings. The molecular formula is C18H22N2O3. The molecule has 23 heavy (non-hydrogen) atoms. The number of aliphatic hydroxyl groups excluding tert-OH is 1. The second kappa shape index (κ2) is 8.29. The van der Waals surface area contributed by atoms with Gasteiger partial charge in [0, 0.05) is 25.9 Å². The van der Waals surface area contributed by atoms with Gasteiger partial charge in [-0.15, -0.1) is 0 Å². The zero-order chi connectivity index (χ0) is 16.7. The van der Waals surface area contributed by atoms with E-state index in [9.17, 15) is 9.90 Å². The number of amides is 1. The monoisotopic (exact) mass is 314 g/mol. The van der Waals surface area contributed by atoms with Crippen molar-refractivity contribution in [2.45, 2.75) is 19.4 Å². The molecule has 1 N–H and O–H groups in total. The molecule has 1 aromatic carbocycles. The highest BCUT2D eigenvalue weighted by Crippen LogP contribution is 2.24. The van der Waals surface area contributed by atoms with Crippen LogP contribution < -0.4 is 4.74 Å². The van der Waals surface area contributed by atoms with Gasteiger partial charge >= 0.3 is 0 Å². The largest absolute Gasteiger partial charge is 0.478 e. The van der Waals surface area contributed by atoms with E-state index >= 15 is 0 Å².